The predicted molar refractivity (Wildman–Crippen MR) is 106 cm³/mol. The van der Waals surface area contributed by atoms with Crippen molar-refractivity contribution in [2.45, 2.75) is 0 Å². The van der Waals surface area contributed by atoms with Gasteiger partial charge in [-0.3, -0.25) is 9.89 Å². The van der Waals surface area contributed by atoms with Crippen LogP contribution in [0.4, 0.5) is 5.69 Å². The second kappa shape index (κ2) is 6.69. The van der Waals surface area contributed by atoms with Crippen molar-refractivity contribution < 1.29 is 4.79 Å². The number of hydrogen-bond acceptors (Lipinski definition) is 3. The van der Waals surface area contributed by atoms with Crippen LogP contribution in [0.25, 0.3) is 23.1 Å². The van der Waals surface area contributed by atoms with Gasteiger partial charge in [-0.05, 0) is 35.9 Å². The summed E-state index contributed by atoms with van der Waals surface area (Å²) in [7, 11) is 0. The number of anilines is 1. The molecule has 0 bridgehead atoms. The summed E-state index contributed by atoms with van der Waals surface area (Å²) in [5.74, 6) is -0.0600. The first kappa shape index (κ1) is 15.8. The van der Waals surface area contributed by atoms with Crippen molar-refractivity contribution >= 4 is 34.5 Å². The predicted octanol–water partition coefficient (Wildman–Crippen LogP) is 4.55. The number of rotatable bonds is 4. The highest BCUT2D eigenvalue weighted by molar-refractivity contribution is 6.11. The van der Waals surface area contributed by atoms with Crippen molar-refractivity contribution in [3.05, 3.63) is 95.2 Å². The fraction of sp³-hybridized carbons (Fsp3) is 0. The number of ketones is 1. The van der Waals surface area contributed by atoms with Crippen LogP contribution >= 0.6 is 0 Å². The Morgan fingerprint density at radius 3 is 2.50 bits per heavy atom. The summed E-state index contributed by atoms with van der Waals surface area (Å²) in [5, 5.41) is 8.33. The van der Waals surface area contributed by atoms with Crippen LogP contribution in [0.2, 0.25) is 0 Å². The Balaban J connectivity index is 1.65. The Hall–Kier alpha value is -3.66. The van der Waals surface area contributed by atoms with Gasteiger partial charge in [0.15, 0.2) is 5.78 Å². The molecule has 1 heterocycles. The number of H-pyrrole nitrogens is 1. The number of carbonyl (C=O) groups excluding carboxylic acids is 1. The second-order valence-electron chi connectivity index (χ2n) is 6.07. The lowest BCUT2D eigenvalue weighted by molar-refractivity contribution is 0.103. The zero-order chi connectivity index (χ0) is 17.9. The van der Waals surface area contributed by atoms with Crippen LogP contribution in [-0.2, 0) is 0 Å². The van der Waals surface area contributed by atoms with Gasteiger partial charge in [-0.1, -0.05) is 54.6 Å². The third kappa shape index (κ3) is 3.13. The molecule has 0 radical (unpaired) electrons. The molecule has 0 spiro atoms. The van der Waals surface area contributed by atoms with Gasteiger partial charge in [-0.25, -0.2) is 0 Å². The minimum absolute atomic E-state index is 0.0600. The third-order valence-electron chi connectivity index (χ3n) is 4.24. The van der Waals surface area contributed by atoms with Gasteiger partial charge in [0.05, 0.1) is 11.2 Å². The molecule has 3 N–H and O–H groups in total. The van der Waals surface area contributed by atoms with Crippen LogP contribution in [-0.4, -0.2) is 16.0 Å². The molecular weight excluding hydrogens is 322 g/mol. The minimum Gasteiger partial charge on any atom is -0.399 e. The average Bonchev–Trinajstić information content (AvgIpc) is 3.09. The molecule has 3 aromatic carbocycles. The first-order valence-electron chi connectivity index (χ1n) is 8.32. The van der Waals surface area contributed by atoms with Gasteiger partial charge < -0.3 is 5.73 Å². The van der Waals surface area contributed by atoms with E-state index in [1.807, 2.05) is 60.7 Å². The molecule has 0 saturated heterocycles. The number of nitrogens with two attached hydrogens (primary N) is 1. The summed E-state index contributed by atoms with van der Waals surface area (Å²) in [6.07, 6.45) is 3.98. The highest BCUT2D eigenvalue weighted by Gasteiger charge is 2.11. The highest BCUT2D eigenvalue weighted by Crippen LogP contribution is 2.21. The number of carbonyl (C=O) groups is 1. The molecule has 126 valence electrons. The van der Waals surface area contributed by atoms with Crippen LogP contribution < -0.4 is 5.73 Å². The van der Waals surface area contributed by atoms with E-state index in [9.17, 15) is 4.79 Å². The van der Waals surface area contributed by atoms with Gasteiger partial charge in [0.25, 0.3) is 0 Å². The topological polar surface area (TPSA) is 71.8 Å². The lowest BCUT2D eigenvalue weighted by Gasteiger charge is -2.02. The van der Waals surface area contributed by atoms with Gasteiger partial charge in [-0.2, -0.15) is 5.10 Å². The summed E-state index contributed by atoms with van der Waals surface area (Å²) >= 11 is 0. The molecule has 4 aromatic rings. The van der Waals surface area contributed by atoms with Gasteiger partial charge in [-0.15, -0.1) is 0 Å². The van der Waals surface area contributed by atoms with Gasteiger partial charge >= 0.3 is 0 Å². The molecule has 1 aromatic heterocycles. The maximum Gasteiger partial charge on any atom is 0.193 e. The molecular formula is C22H17N3O. The molecule has 0 saturated carbocycles. The highest BCUT2D eigenvalue weighted by atomic mass is 16.1. The zero-order valence-corrected chi connectivity index (χ0v) is 14.0. The molecule has 0 aliphatic heterocycles. The Labute approximate surface area is 151 Å². The van der Waals surface area contributed by atoms with Crippen molar-refractivity contribution in [3.63, 3.8) is 0 Å². The fourth-order valence-electron chi connectivity index (χ4n) is 2.89. The number of hydrogen-bond donors (Lipinski definition) is 2. The van der Waals surface area contributed by atoms with Crippen LogP contribution in [0.5, 0.6) is 0 Å². The maximum absolute atomic E-state index is 12.7. The lowest BCUT2D eigenvalue weighted by Crippen LogP contribution is -2.01. The van der Waals surface area contributed by atoms with Crippen LogP contribution in [0.1, 0.15) is 27.2 Å². The molecule has 4 rings (SSSR count). The van der Waals surface area contributed by atoms with E-state index in [1.54, 1.807) is 24.3 Å². The summed E-state index contributed by atoms with van der Waals surface area (Å²) in [6, 6.07) is 22.6. The number of nitrogens with zero attached hydrogens (tertiary/aromatic N) is 1. The molecule has 0 aliphatic carbocycles. The number of fused-ring (bicyclic) bond motifs is 1. The van der Waals surface area contributed by atoms with E-state index in [0.717, 1.165) is 22.2 Å². The van der Waals surface area contributed by atoms with E-state index in [4.69, 9.17) is 5.73 Å². The number of aromatic amines is 1. The summed E-state index contributed by atoms with van der Waals surface area (Å²) < 4.78 is 0. The Morgan fingerprint density at radius 1 is 0.885 bits per heavy atom. The standard InChI is InChI=1S/C22H17N3O/c23-18-8-4-7-16(13-18)22(26)17-10-11-19-20(24-25-21(19)14-17)12-9-15-5-2-1-3-6-15/h1-14H,23H2,(H,24,25). The molecule has 0 amide bonds. The number of nitrogen functional groups attached to an aromatic ring is 1. The van der Waals surface area contributed by atoms with Gasteiger partial charge in [0.1, 0.15) is 0 Å². The second-order valence-corrected chi connectivity index (χ2v) is 6.07. The number of benzene rings is 3. The largest absolute Gasteiger partial charge is 0.399 e. The Morgan fingerprint density at radius 2 is 1.69 bits per heavy atom. The Bertz CT molecular complexity index is 1110. The molecule has 0 unspecified atom stereocenters. The van der Waals surface area contributed by atoms with E-state index in [1.165, 1.54) is 0 Å². The summed E-state index contributed by atoms with van der Waals surface area (Å²) in [4.78, 5) is 12.7. The van der Waals surface area contributed by atoms with E-state index < -0.39 is 0 Å². The monoisotopic (exact) mass is 339 g/mol. The normalized spacial score (nSPS) is 11.2. The van der Waals surface area contributed by atoms with Crippen LogP contribution in [0.3, 0.4) is 0 Å². The fourth-order valence-corrected chi connectivity index (χ4v) is 2.89. The van der Waals surface area contributed by atoms with Crippen molar-refractivity contribution in [3.8, 4) is 0 Å². The third-order valence-corrected chi connectivity index (χ3v) is 4.24. The molecule has 26 heavy (non-hydrogen) atoms. The zero-order valence-electron chi connectivity index (χ0n) is 14.0. The molecule has 0 fully saturated rings. The lowest BCUT2D eigenvalue weighted by atomic mass is 10.0. The first-order chi connectivity index (χ1) is 12.7. The van der Waals surface area contributed by atoms with Crippen molar-refractivity contribution in [1.29, 1.82) is 0 Å². The summed E-state index contributed by atoms with van der Waals surface area (Å²) in [5.41, 5.74) is 10.3. The van der Waals surface area contributed by atoms with E-state index in [0.29, 0.717) is 16.8 Å². The van der Waals surface area contributed by atoms with E-state index in [2.05, 4.69) is 10.2 Å². The van der Waals surface area contributed by atoms with Crippen molar-refractivity contribution in [1.82, 2.24) is 10.2 Å². The van der Waals surface area contributed by atoms with Gasteiger partial charge in [0.2, 0.25) is 0 Å². The smallest absolute Gasteiger partial charge is 0.193 e. The summed E-state index contributed by atoms with van der Waals surface area (Å²) in [6.45, 7) is 0. The molecule has 0 atom stereocenters. The first-order valence-corrected chi connectivity index (χ1v) is 8.32. The van der Waals surface area contributed by atoms with Crippen LogP contribution in [0.15, 0.2) is 72.8 Å². The SMILES string of the molecule is Nc1cccc(C(=O)c2ccc3c(C=Cc4ccccc4)n[nH]c3c2)c1. The van der Waals surface area contributed by atoms with Crippen LogP contribution in [0, 0.1) is 0 Å². The van der Waals surface area contributed by atoms with Gasteiger partial charge in [0, 0.05) is 22.2 Å². The van der Waals surface area contributed by atoms with Crippen molar-refractivity contribution in [2.24, 2.45) is 0 Å². The van der Waals surface area contributed by atoms with Crippen molar-refractivity contribution in [2.75, 3.05) is 5.73 Å². The Kier molecular flexibility index (Phi) is 4.07. The average molecular weight is 339 g/mol. The number of aromatic nitrogens is 2. The van der Waals surface area contributed by atoms with E-state index in [-0.39, 0.29) is 5.78 Å². The molecule has 4 heteroatoms. The van der Waals surface area contributed by atoms with E-state index >= 15 is 0 Å². The quantitative estimate of drug-likeness (QED) is 0.423. The molecule has 0 aliphatic rings. The molecule has 4 nitrogen and oxygen atoms in total. The number of nitrogens with one attached hydrogen (secondary N) is 1. The minimum atomic E-state index is -0.0600. The maximum atomic E-state index is 12.7.